The molecule has 0 amide bonds. The van der Waals surface area contributed by atoms with Crippen molar-refractivity contribution in [2.24, 2.45) is 11.7 Å². The van der Waals surface area contributed by atoms with Crippen molar-refractivity contribution in [1.82, 2.24) is 4.90 Å². The maximum Gasteiger partial charge on any atom is 0.119 e. The number of aryl methyl sites for hydroxylation is 1. The Morgan fingerprint density at radius 1 is 1.30 bits per heavy atom. The molecule has 1 fully saturated rings. The summed E-state index contributed by atoms with van der Waals surface area (Å²) in [6.45, 7) is 2.36. The molecular formula is C17H26N2O. The Morgan fingerprint density at radius 2 is 2.05 bits per heavy atom. The number of ether oxygens (including phenoxy) is 1. The molecule has 110 valence electrons. The van der Waals surface area contributed by atoms with Crippen molar-refractivity contribution in [1.29, 1.82) is 0 Å². The van der Waals surface area contributed by atoms with E-state index in [2.05, 4.69) is 31.0 Å². The van der Waals surface area contributed by atoms with Crippen LogP contribution in [0.15, 0.2) is 18.2 Å². The van der Waals surface area contributed by atoms with Gasteiger partial charge in [0.25, 0.3) is 0 Å². The van der Waals surface area contributed by atoms with E-state index in [-0.39, 0.29) is 6.04 Å². The largest absolute Gasteiger partial charge is 0.497 e. The molecule has 1 aromatic carbocycles. The first kappa shape index (κ1) is 13.9. The third kappa shape index (κ3) is 2.45. The minimum atomic E-state index is 0.121. The van der Waals surface area contributed by atoms with Crippen LogP contribution < -0.4 is 10.5 Å². The average molecular weight is 274 g/mol. The second kappa shape index (κ2) is 5.38. The van der Waals surface area contributed by atoms with E-state index >= 15 is 0 Å². The number of nitrogens with two attached hydrogens (primary N) is 1. The van der Waals surface area contributed by atoms with Crippen LogP contribution in [0.1, 0.15) is 43.4 Å². The number of likely N-dealkylation sites (N-methyl/N-ethyl adjacent to an activating group) is 1. The molecule has 2 N–H and O–H groups in total. The van der Waals surface area contributed by atoms with Crippen LogP contribution in [0.2, 0.25) is 0 Å². The van der Waals surface area contributed by atoms with E-state index in [4.69, 9.17) is 10.5 Å². The van der Waals surface area contributed by atoms with E-state index in [1.54, 1.807) is 7.11 Å². The first-order chi connectivity index (χ1) is 9.61. The van der Waals surface area contributed by atoms with Crippen LogP contribution in [0.4, 0.5) is 0 Å². The highest BCUT2D eigenvalue weighted by atomic mass is 16.5. The standard InChI is InChI=1S/C17H26N2O/c1-11(12-4-5-12)19(2)16-9-6-13-10-14(20-3)7-8-15(13)17(16)18/h7-8,10-12,16-17H,4-6,9,18H2,1-3H3. The maximum absolute atomic E-state index is 6.56. The van der Waals surface area contributed by atoms with Crippen molar-refractivity contribution < 1.29 is 4.74 Å². The van der Waals surface area contributed by atoms with E-state index in [0.717, 1.165) is 24.5 Å². The highest BCUT2D eigenvalue weighted by molar-refractivity contribution is 5.40. The maximum atomic E-state index is 6.56. The lowest BCUT2D eigenvalue weighted by molar-refractivity contribution is 0.132. The van der Waals surface area contributed by atoms with Gasteiger partial charge in [0.2, 0.25) is 0 Å². The third-order valence-electron chi connectivity index (χ3n) is 5.30. The monoisotopic (exact) mass is 274 g/mol. The Hall–Kier alpha value is -1.06. The van der Waals surface area contributed by atoms with Crippen molar-refractivity contribution in [3.63, 3.8) is 0 Å². The number of hydrogen-bond donors (Lipinski definition) is 1. The minimum Gasteiger partial charge on any atom is -0.497 e. The molecule has 20 heavy (non-hydrogen) atoms. The van der Waals surface area contributed by atoms with Gasteiger partial charge in [-0.1, -0.05) is 6.07 Å². The number of rotatable bonds is 4. The van der Waals surface area contributed by atoms with Crippen LogP contribution in [-0.4, -0.2) is 31.1 Å². The Labute approximate surface area is 122 Å². The fourth-order valence-corrected chi connectivity index (χ4v) is 3.61. The highest BCUT2D eigenvalue weighted by Gasteiger charge is 2.37. The SMILES string of the molecule is COc1ccc2c(c1)CCC(N(C)C(C)C1CC1)C2N. The van der Waals surface area contributed by atoms with Crippen LogP contribution in [0, 0.1) is 5.92 Å². The van der Waals surface area contributed by atoms with Gasteiger partial charge in [-0.2, -0.15) is 0 Å². The average Bonchev–Trinajstić information content (AvgIpc) is 3.30. The molecular weight excluding hydrogens is 248 g/mol. The van der Waals surface area contributed by atoms with E-state index in [1.165, 1.54) is 24.0 Å². The Kier molecular flexibility index (Phi) is 3.74. The summed E-state index contributed by atoms with van der Waals surface area (Å²) in [4.78, 5) is 2.52. The van der Waals surface area contributed by atoms with E-state index in [9.17, 15) is 0 Å². The molecule has 3 atom stereocenters. The summed E-state index contributed by atoms with van der Waals surface area (Å²) < 4.78 is 5.32. The fraction of sp³-hybridized carbons (Fsp3) is 0.647. The molecule has 0 radical (unpaired) electrons. The normalized spacial score (nSPS) is 27.2. The lowest BCUT2D eigenvalue weighted by atomic mass is 9.83. The van der Waals surface area contributed by atoms with Crippen molar-refractivity contribution >= 4 is 0 Å². The second-order valence-corrected chi connectivity index (χ2v) is 6.44. The van der Waals surface area contributed by atoms with Crippen LogP contribution in [0.3, 0.4) is 0 Å². The predicted molar refractivity (Wildman–Crippen MR) is 82.0 cm³/mol. The number of methoxy groups -OCH3 is 1. The molecule has 3 unspecified atom stereocenters. The molecule has 3 nitrogen and oxygen atoms in total. The summed E-state index contributed by atoms with van der Waals surface area (Å²) in [5.41, 5.74) is 9.22. The zero-order chi connectivity index (χ0) is 14.3. The van der Waals surface area contributed by atoms with E-state index < -0.39 is 0 Å². The quantitative estimate of drug-likeness (QED) is 0.917. The topological polar surface area (TPSA) is 38.5 Å². The molecule has 0 saturated heterocycles. The van der Waals surface area contributed by atoms with Crippen LogP contribution in [0.25, 0.3) is 0 Å². The summed E-state index contributed by atoms with van der Waals surface area (Å²) >= 11 is 0. The van der Waals surface area contributed by atoms with Crippen molar-refractivity contribution in [3.8, 4) is 5.75 Å². The summed E-state index contributed by atoms with van der Waals surface area (Å²) in [6.07, 6.45) is 5.03. The third-order valence-corrected chi connectivity index (χ3v) is 5.30. The molecule has 3 heteroatoms. The Bertz CT molecular complexity index is 484. The van der Waals surface area contributed by atoms with Crippen LogP contribution >= 0.6 is 0 Å². The van der Waals surface area contributed by atoms with Crippen LogP contribution in [0.5, 0.6) is 5.75 Å². The zero-order valence-corrected chi connectivity index (χ0v) is 12.8. The summed E-state index contributed by atoms with van der Waals surface area (Å²) in [5, 5.41) is 0. The fourth-order valence-electron chi connectivity index (χ4n) is 3.61. The van der Waals surface area contributed by atoms with Crippen LogP contribution in [-0.2, 0) is 6.42 Å². The van der Waals surface area contributed by atoms with Gasteiger partial charge in [-0.25, -0.2) is 0 Å². The first-order valence-electron chi connectivity index (χ1n) is 7.76. The number of hydrogen-bond acceptors (Lipinski definition) is 3. The molecule has 1 aromatic rings. The molecule has 0 bridgehead atoms. The van der Waals surface area contributed by atoms with Gasteiger partial charge in [0, 0.05) is 18.1 Å². The summed E-state index contributed by atoms with van der Waals surface area (Å²) in [7, 11) is 3.97. The number of benzene rings is 1. The summed E-state index contributed by atoms with van der Waals surface area (Å²) in [6, 6.07) is 7.58. The highest BCUT2D eigenvalue weighted by Crippen LogP contribution is 2.39. The van der Waals surface area contributed by atoms with Gasteiger partial charge in [-0.05, 0) is 68.8 Å². The molecule has 1 saturated carbocycles. The van der Waals surface area contributed by atoms with Gasteiger partial charge >= 0.3 is 0 Å². The van der Waals surface area contributed by atoms with Gasteiger partial charge in [-0.15, -0.1) is 0 Å². The van der Waals surface area contributed by atoms with Crippen molar-refractivity contribution in [2.75, 3.05) is 14.2 Å². The van der Waals surface area contributed by atoms with Crippen molar-refractivity contribution in [3.05, 3.63) is 29.3 Å². The summed E-state index contributed by atoms with van der Waals surface area (Å²) in [5.74, 6) is 1.83. The van der Waals surface area contributed by atoms with Gasteiger partial charge < -0.3 is 10.5 Å². The Balaban J connectivity index is 1.79. The molecule has 2 aliphatic carbocycles. The van der Waals surface area contributed by atoms with Gasteiger partial charge in [0.1, 0.15) is 5.75 Å². The second-order valence-electron chi connectivity index (χ2n) is 6.44. The minimum absolute atomic E-state index is 0.121. The van der Waals surface area contributed by atoms with Gasteiger partial charge in [-0.3, -0.25) is 4.90 Å². The van der Waals surface area contributed by atoms with Crippen molar-refractivity contribution in [2.45, 2.75) is 50.7 Å². The van der Waals surface area contributed by atoms with E-state index in [0.29, 0.717) is 12.1 Å². The number of fused-ring (bicyclic) bond motifs is 1. The molecule has 0 spiro atoms. The lowest BCUT2D eigenvalue weighted by Crippen LogP contribution is -2.47. The smallest absolute Gasteiger partial charge is 0.119 e. The van der Waals surface area contributed by atoms with Gasteiger partial charge in [0.15, 0.2) is 0 Å². The predicted octanol–water partition coefficient (Wildman–Crippen LogP) is 2.74. The molecule has 3 rings (SSSR count). The molecule has 0 heterocycles. The van der Waals surface area contributed by atoms with Gasteiger partial charge in [0.05, 0.1) is 7.11 Å². The Morgan fingerprint density at radius 3 is 2.70 bits per heavy atom. The molecule has 0 aromatic heterocycles. The lowest BCUT2D eigenvalue weighted by Gasteiger charge is -2.40. The molecule has 2 aliphatic rings. The zero-order valence-electron chi connectivity index (χ0n) is 12.8. The van der Waals surface area contributed by atoms with E-state index in [1.807, 2.05) is 6.07 Å². The number of nitrogens with zero attached hydrogens (tertiary/aromatic N) is 1. The molecule has 0 aliphatic heterocycles. The first-order valence-corrected chi connectivity index (χ1v) is 7.76.